The van der Waals surface area contributed by atoms with Crippen LogP contribution in [0.25, 0.3) is 10.4 Å². The van der Waals surface area contributed by atoms with Crippen molar-refractivity contribution in [2.75, 3.05) is 25.5 Å². The Kier molecular flexibility index (Phi) is 6.34. The van der Waals surface area contributed by atoms with Crippen molar-refractivity contribution in [2.45, 2.75) is 50.0 Å². The number of benzene rings is 1. The lowest BCUT2D eigenvalue weighted by Crippen LogP contribution is -2.32. The van der Waals surface area contributed by atoms with E-state index in [4.69, 9.17) is 10.5 Å². The first-order valence-corrected chi connectivity index (χ1v) is 12.8. The van der Waals surface area contributed by atoms with Crippen molar-refractivity contribution >= 4 is 32.4 Å². The summed E-state index contributed by atoms with van der Waals surface area (Å²) < 4.78 is 33.3. The number of methoxy groups -OCH3 is 1. The molecule has 2 fully saturated rings. The van der Waals surface area contributed by atoms with Gasteiger partial charge in [-0.1, -0.05) is 24.2 Å². The molecule has 2 heterocycles. The standard InChI is InChI=1S/C21H28N4O4S2/c1-13-19(30-21(23-13)24-20(26)14-5-3-4-6-14)15-7-8-17(29-2)18(11-15)31(27,28)25-10-9-16(22)12-25/h7-8,11,14,16H,3-6,9-10,12,22H2,1-2H3,(H,23,24,26). The van der Waals surface area contributed by atoms with E-state index in [1.165, 1.54) is 22.8 Å². The number of nitrogens with one attached hydrogen (secondary N) is 1. The number of aromatic nitrogens is 1. The lowest BCUT2D eigenvalue weighted by atomic mass is 10.1. The summed E-state index contributed by atoms with van der Waals surface area (Å²) in [5.74, 6) is 0.361. The van der Waals surface area contributed by atoms with Crippen molar-refractivity contribution in [3.63, 3.8) is 0 Å². The summed E-state index contributed by atoms with van der Waals surface area (Å²) >= 11 is 1.35. The Morgan fingerprint density at radius 3 is 2.68 bits per heavy atom. The molecule has 4 rings (SSSR count). The SMILES string of the molecule is COc1ccc(-c2sc(NC(=O)C3CCCC3)nc2C)cc1S(=O)(=O)N1CCC(N)C1. The van der Waals surface area contributed by atoms with E-state index in [9.17, 15) is 13.2 Å². The van der Waals surface area contributed by atoms with Gasteiger partial charge in [0, 0.05) is 25.0 Å². The average Bonchev–Trinajstić information content (AvgIpc) is 3.49. The van der Waals surface area contributed by atoms with Gasteiger partial charge in [0.2, 0.25) is 15.9 Å². The van der Waals surface area contributed by atoms with Crippen LogP contribution in [0.15, 0.2) is 23.1 Å². The van der Waals surface area contributed by atoms with Gasteiger partial charge in [0.15, 0.2) is 5.13 Å². The molecular weight excluding hydrogens is 436 g/mol. The van der Waals surface area contributed by atoms with Crippen LogP contribution in [-0.2, 0) is 14.8 Å². The average molecular weight is 465 g/mol. The Hall–Kier alpha value is -2.01. The van der Waals surface area contributed by atoms with Gasteiger partial charge in [-0.2, -0.15) is 4.31 Å². The molecule has 10 heteroatoms. The molecule has 0 spiro atoms. The lowest BCUT2D eigenvalue weighted by molar-refractivity contribution is -0.119. The van der Waals surface area contributed by atoms with E-state index < -0.39 is 10.0 Å². The third-order valence-corrected chi connectivity index (χ3v) is 8.99. The summed E-state index contributed by atoms with van der Waals surface area (Å²) in [5, 5.41) is 3.47. The summed E-state index contributed by atoms with van der Waals surface area (Å²) in [4.78, 5) is 17.9. The number of carbonyl (C=O) groups is 1. The molecule has 1 saturated carbocycles. The zero-order valence-corrected chi connectivity index (χ0v) is 19.4. The molecule has 0 bridgehead atoms. The largest absolute Gasteiger partial charge is 0.495 e. The Labute approximate surface area is 186 Å². The lowest BCUT2D eigenvalue weighted by Gasteiger charge is -2.18. The molecule has 2 aliphatic rings. The van der Waals surface area contributed by atoms with Crippen LogP contribution >= 0.6 is 11.3 Å². The summed E-state index contributed by atoms with van der Waals surface area (Å²) in [6.45, 7) is 2.55. The van der Waals surface area contributed by atoms with Gasteiger partial charge < -0.3 is 15.8 Å². The highest BCUT2D eigenvalue weighted by Gasteiger charge is 2.33. The first kappa shape index (κ1) is 22.2. The van der Waals surface area contributed by atoms with Crippen LogP contribution < -0.4 is 15.8 Å². The number of ether oxygens (including phenoxy) is 1. The van der Waals surface area contributed by atoms with E-state index in [0.717, 1.165) is 41.8 Å². The number of anilines is 1. The molecule has 0 radical (unpaired) electrons. The molecule has 1 amide bonds. The molecule has 8 nitrogen and oxygen atoms in total. The molecule has 1 aromatic heterocycles. The van der Waals surface area contributed by atoms with Crippen molar-refractivity contribution in [1.82, 2.24) is 9.29 Å². The second-order valence-corrected chi connectivity index (χ2v) is 11.1. The van der Waals surface area contributed by atoms with Crippen molar-refractivity contribution < 1.29 is 17.9 Å². The molecule has 1 aliphatic heterocycles. The number of rotatable bonds is 6. The number of aryl methyl sites for hydroxylation is 1. The van der Waals surface area contributed by atoms with Crippen molar-refractivity contribution in [3.05, 3.63) is 23.9 Å². The summed E-state index contributed by atoms with van der Waals surface area (Å²) in [5.41, 5.74) is 7.38. The maximum absolute atomic E-state index is 13.2. The maximum atomic E-state index is 13.2. The van der Waals surface area contributed by atoms with E-state index in [0.29, 0.717) is 30.4 Å². The van der Waals surface area contributed by atoms with Crippen LogP contribution in [0.4, 0.5) is 5.13 Å². The fraction of sp³-hybridized carbons (Fsp3) is 0.524. The third-order valence-electron chi connectivity index (χ3n) is 5.98. The molecule has 1 aliphatic carbocycles. The molecule has 1 atom stereocenters. The fourth-order valence-corrected chi connectivity index (χ4v) is 6.90. The summed E-state index contributed by atoms with van der Waals surface area (Å²) in [6, 6.07) is 4.95. The topological polar surface area (TPSA) is 115 Å². The molecular formula is C21H28N4O4S2. The predicted molar refractivity (Wildman–Crippen MR) is 121 cm³/mol. The van der Waals surface area contributed by atoms with E-state index in [1.807, 2.05) is 13.0 Å². The number of nitrogens with zero attached hydrogens (tertiary/aromatic N) is 2. The molecule has 168 valence electrons. The number of hydrogen-bond donors (Lipinski definition) is 2. The van der Waals surface area contributed by atoms with Gasteiger partial charge in [-0.25, -0.2) is 13.4 Å². The Balaban J connectivity index is 1.64. The van der Waals surface area contributed by atoms with Gasteiger partial charge in [-0.15, -0.1) is 0 Å². The second kappa shape index (κ2) is 8.85. The predicted octanol–water partition coefficient (Wildman–Crippen LogP) is 2.98. The minimum absolute atomic E-state index is 0.0150. The number of thiazole rings is 1. The van der Waals surface area contributed by atoms with Crippen LogP contribution in [-0.4, -0.2) is 49.9 Å². The molecule has 1 saturated heterocycles. The molecule has 3 N–H and O–H groups in total. The highest BCUT2D eigenvalue weighted by atomic mass is 32.2. The van der Waals surface area contributed by atoms with Crippen molar-refractivity contribution in [1.29, 1.82) is 0 Å². The maximum Gasteiger partial charge on any atom is 0.246 e. The van der Waals surface area contributed by atoms with Crippen LogP contribution in [0.1, 0.15) is 37.8 Å². The first-order chi connectivity index (χ1) is 14.8. The van der Waals surface area contributed by atoms with Crippen LogP contribution in [0.5, 0.6) is 5.75 Å². The highest BCUT2D eigenvalue weighted by Crippen LogP contribution is 2.38. The summed E-state index contributed by atoms with van der Waals surface area (Å²) in [7, 11) is -2.28. The zero-order valence-electron chi connectivity index (χ0n) is 17.8. The number of sulfonamides is 1. The normalized spacial score (nSPS) is 20.3. The quantitative estimate of drug-likeness (QED) is 0.679. The van der Waals surface area contributed by atoms with E-state index in [2.05, 4.69) is 10.3 Å². The van der Waals surface area contributed by atoms with Crippen LogP contribution in [0.3, 0.4) is 0 Å². The van der Waals surface area contributed by atoms with E-state index >= 15 is 0 Å². The number of nitrogens with two attached hydrogens (primary N) is 1. The monoisotopic (exact) mass is 464 g/mol. The smallest absolute Gasteiger partial charge is 0.246 e. The Bertz CT molecular complexity index is 1080. The summed E-state index contributed by atoms with van der Waals surface area (Å²) in [6.07, 6.45) is 4.65. The molecule has 1 aromatic carbocycles. The second-order valence-electron chi connectivity index (χ2n) is 8.18. The van der Waals surface area contributed by atoms with Crippen LogP contribution in [0, 0.1) is 12.8 Å². The van der Waals surface area contributed by atoms with Gasteiger partial charge in [-0.05, 0) is 49.9 Å². The van der Waals surface area contributed by atoms with Crippen molar-refractivity contribution in [3.8, 4) is 16.2 Å². The van der Waals surface area contributed by atoms with Crippen LogP contribution in [0.2, 0.25) is 0 Å². The first-order valence-electron chi connectivity index (χ1n) is 10.5. The van der Waals surface area contributed by atoms with Gasteiger partial charge in [0.05, 0.1) is 17.7 Å². The number of hydrogen-bond acceptors (Lipinski definition) is 7. The molecule has 1 unspecified atom stereocenters. The van der Waals surface area contributed by atoms with Gasteiger partial charge in [0.1, 0.15) is 10.6 Å². The van der Waals surface area contributed by atoms with E-state index in [-0.39, 0.29) is 22.8 Å². The minimum atomic E-state index is -3.74. The van der Waals surface area contributed by atoms with Gasteiger partial charge >= 0.3 is 0 Å². The van der Waals surface area contributed by atoms with Crippen molar-refractivity contribution in [2.24, 2.45) is 11.7 Å². The van der Waals surface area contributed by atoms with E-state index in [1.54, 1.807) is 12.1 Å². The van der Waals surface area contributed by atoms with Gasteiger partial charge in [0.25, 0.3) is 0 Å². The van der Waals surface area contributed by atoms with Gasteiger partial charge in [-0.3, -0.25) is 4.79 Å². The molecule has 31 heavy (non-hydrogen) atoms. The number of carbonyl (C=O) groups excluding carboxylic acids is 1. The Morgan fingerprint density at radius 2 is 2.03 bits per heavy atom. The minimum Gasteiger partial charge on any atom is -0.495 e. The fourth-order valence-electron chi connectivity index (χ4n) is 4.24. The molecule has 2 aromatic rings. The number of amides is 1. The zero-order chi connectivity index (χ0) is 22.2. The third kappa shape index (κ3) is 4.48. The highest BCUT2D eigenvalue weighted by molar-refractivity contribution is 7.89. The Morgan fingerprint density at radius 1 is 1.29 bits per heavy atom.